The average molecular weight is 363 g/mol. The molecule has 3 rings (SSSR count). The summed E-state index contributed by atoms with van der Waals surface area (Å²) in [6.45, 7) is 7.25. The molecule has 1 aliphatic heterocycles. The van der Waals surface area contributed by atoms with Crippen molar-refractivity contribution >= 4 is 5.69 Å². The lowest BCUT2D eigenvalue weighted by Crippen LogP contribution is -2.12. The maximum atomic E-state index is 13.4. The van der Waals surface area contributed by atoms with Crippen molar-refractivity contribution in [1.29, 1.82) is 0 Å². The number of likely N-dealkylation sites (N-methyl/N-ethyl adjacent to an activating group) is 1. The highest BCUT2D eigenvalue weighted by Crippen LogP contribution is 2.39. The number of alkyl halides is 2. The van der Waals surface area contributed by atoms with Crippen LogP contribution >= 0.6 is 0 Å². The third-order valence-electron chi connectivity index (χ3n) is 5.10. The molecule has 2 aromatic rings. The Balaban J connectivity index is 0.000000352. The minimum absolute atomic E-state index is 0.0913. The van der Waals surface area contributed by atoms with E-state index in [1.807, 2.05) is 32.0 Å². The monoisotopic (exact) mass is 363 g/mol. The first-order chi connectivity index (χ1) is 12.4. The molecule has 0 atom stereocenters. The number of aromatic nitrogens is 2. The van der Waals surface area contributed by atoms with E-state index in [0.29, 0.717) is 5.56 Å². The minimum atomic E-state index is -2.48. The minimum Gasteiger partial charge on any atom is -0.374 e. The summed E-state index contributed by atoms with van der Waals surface area (Å²) in [5.41, 5.74) is 4.45. The second-order valence-electron chi connectivity index (χ2n) is 7.01. The number of benzene rings is 1. The Morgan fingerprint density at radius 3 is 2.23 bits per heavy atom. The Morgan fingerprint density at radius 1 is 1.08 bits per heavy atom. The Hall–Kier alpha value is -1.91. The SMILES string of the molecule is CCCCCC.Cc1c(-c2cc3c(cc2C(F)F)N(C)CC3)cnn1C. The fraction of sp³-hybridized carbons (Fsp3) is 0.571. The molecule has 26 heavy (non-hydrogen) atoms. The molecule has 1 aromatic heterocycles. The number of rotatable bonds is 5. The topological polar surface area (TPSA) is 21.1 Å². The van der Waals surface area contributed by atoms with E-state index >= 15 is 0 Å². The molecule has 0 amide bonds. The van der Waals surface area contributed by atoms with Gasteiger partial charge in [-0.25, -0.2) is 8.78 Å². The van der Waals surface area contributed by atoms with Crippen molar-refractivity contribution in [3.63, 3.8) is 0 Å². The van der Waals surface area contributed by atoms with Gasteiger partial charge in [0.05, 0.1) is 6.20 Å². The summed E-state index contributed by atoms with van der Waals surface area (Å²) in [7, 11) is 3.76. The van der Waals surface area contributed by atoms with Crippen molar-refractivity contribution in [2.75, 3.05) is 18.5 Å². The molecule has 0 bridgehead atoms. The van der Waals surface area contributed by atoms with Gasteiger partial charge in [0.2, 0.25) is 0 Å². The Bertz CT molecular complexity index is 718. The van der Waals surface area contributed by atoms with Gasteiger partial charge < -0.3 is 4.90 Å². The molecule has 0 unspecified atom stereocenters. The predicted molar refractivity (Wildman–Crippen MR) is 105 cm³/mol. The highest BCUT2D eigenvalue weighted by Gasteiger charge is 2.24. The summed E-state index contributed by atoms with van der Waals surface area (Å²) < 4.78 is 28.5. The molecule has 0 spiro atoms. The third-order valence-corrected chi connectivity index (χ3v) is 5.10. The lowest BCUT2D eigenvalue weighted by molar-refractivity contribution is 0.152. The molecule has 2 heterocycles. The molecule has 3 nitrogen and oxygen atoms in total. The van der Waals surface area contributed by atoms with Crippen molar-refractivity contribution < 1.29 is 8.78 Å². The largest absolute Gasteiger partial charge is 0.374 e. The number of nitrogens with zero attached hydrogens (tertiary/aromatic N) is 3. The standard InChI is InChI=1S/C15H17F2N3.C6H14/c1-9-13(8-18-20(9)3)11-6-10-4-5-19(2)14(10)7-12(11)15(16)17;1-3-5-6-4-2/h6-8,15H,4-5H2,1-3H3;3-6H2,1-2H3. The smallest absolute Gasteiger partial charge is 0.264 e. The van der Waals surface area contributed by atoms with Crippen LogP contribution in [-0.4, -0.2) is 23.4 Å². The zero-order valence-electron chi connectivity index (χ0n) is 16.6. The predicted octanol–water partition coefficient (Wildman–Crippen LogP) is 5.91. The summed E-state index contributed by atoms with van der Waals surface area (Å²) in [6.07, 6.45) is 5.63. The van der Waals surface area contributed by atoms with Gasteiger partial charge in [-0.05, 0) is 36.6 Å². The van der Waals surface area contributed by atoms with E-state index in [2.05, 4.69) is 18.9 Å². The fourth-order valence-corrected chi connectivity index (χ4v) is 3.29. The maximum absolute atomic E-state index is 13.4. The Labute approximate surface area is 156 Å². The second kappa shape index (κ2) is 9.15. The molecule has 0 radical (unpaired) electrons. The number of anilines is 1. The van der Waals surface area contributed by atoms with Crippen LogP contribution in [0.2, 0.25) is 0 Å². The summed E-state index contributed by atoms with van der Waals surface area (Å²) in [5, 5.41) is 4.16. The highest BCUT2D eigenvalue weighted by molar-refractivity contribution is 5.75. The third kappa shape index (κ3) is 4.43. The van der Waals surface area contributed by atoms with Gasteiger partial charge in [0.15, 0.2) is 0 Å². The maximum Gasteiger partial charge on any atom is 0.264 e. The Morgan fingerprint density at radius 2 is 1.73 bits per heavy atom. The number of hydrogen-bond donors (Lipinski definition) is 0. The van der Waals surface area contributed by atoms with Crippen LogP contribution in [0.25, 0.3) is 11.1 Å². The van der Waals surface area contributed by atoms with Gasteiger partial charge in [0, 0.05) is 43.1 Å². The first kappa shape index (κ1) is 20.4. The van der Waals surface area contributed by atoms with E-state index in [0.717, 1.165) is 35.5 Å². The van der Waals surface area contributed by atoms with Crippen LogP contribution in [0, 0.1) is 6.92 Å². The lowest BCUT2D eigenvalue weighted by Gasteiger charge is -2.16. The summed E-state index contributed by atoms with van der Waals surface area (Å²) in [4.78, 5) is 2.03. The van der Waals surface area contributed by atoms with Gasteiger partial charge in [0.25, 0.3) is 6.43 Å². The second-order valence-corrected chi connectivity index (χ2v) is 7.01. The lowest BCUT2D eigenvalue weighted by atomic mass is 9.96. The zero-order valence-corrected chi connectivity index (χ0v) is 16.6. The van der Waals surface area contributed by atoms with E-state index in [1.54, 1.807) is 16.9 Å². The van der Waals surface area contributed by atoms with E-state index in [4.69, 9.17) is 0 Å². The Kier molecular flexibility index (Phi) is 7.18. The van der Waals surface area contributed by atoms with Crippen molar-refractivity contribution in [3.8, 4) is 11.1 Å². The number of halogens is 2. The van der Waals surface area contributed by atoms with Crippen LogP contribution in [0.4, 0.5) is 14.5 Å². The van der Waals surface area contributed by atoms with Gasteiger partial charge in [0.1, 0.15) is 0 Å². The normalized spacial score (nSPS) is 13.0. The van der Waals surface area contributed by atoms with Crippen molar-refractivity contribution in [1.82, 2.24) is 9.78 Å². The molecule has 5 heteroatoms. The van der Waals surface area contributed by atoms with Crippen LogP contribution in [0.1, 0.15) is 62.8 Å². The molecule has 0 N–H and O–H groups in total. The molecule has 1 aromatic carbocycles. The van der Waals surface area contributed by atoms with Gasteiger partial charge in [-0.1, -0.05) is 39.5 Å². The summed E-state index contributed by atoms with van der Waals surface area (Å²) >= 11 is 0. The van der Waals surface area contributed by atoms with Gasteiger partial charge >= 0.3 is 0 Å². The number of aryl methyl sites for hydroxylation is 1. The van der Waals surface area contributed by atoms with Crippen molar-refractivity contribution in [3.05, 3.63) is 35.2 Å². The van der Waals surface area contributed by atoms with Crippen molar-refractivity contribution in [2.24, 2.45) is 7.05 Å². The van der Waals surface area contributed by atoms with Gasteiger partial charge in [-0.3, -0.25) is 4.68 Å². The average Bonchev–Trinajstić information content (AvgIpc) is 3.15. The van der Waals surface area contributed by atoms with E-state index in [-0.39, 0.29) is 5.56 Å². The first-order valence-electron chi connectivity index (χ1n) is 9.55. The zero-order chi connectivity index (χ0) is 19.3. The number of fused-ring (bicyclic) bond motifs is 1. The quantitative estimate of drug-likeness (QED) is 0.616. The van der Waals surface area contributed by atoms with Crippen LogP contribution < -0.4 is 4.90 Å². The highest BCUT2D eigenvalue weighted by atomic mass is 19.3. The molecule has 1 aliphatic rings. The fourth-order valence-electron chi connectivity index (χ4n) is 3.29. The molecule has 0 saturated carbocycles. The summed E-state index contributed by atoms with van der Waals surface area (Å²) in [6, 6.07) is 3.54. The molecule has 0 saturated heterocycles. The van der Waals surface area contributed by atoms with Crippen LogP contribution in [0.15, 0.2) is 18.3 Å². The van der Waals surface area contributed by atoms with Crippen LogP contribution in [-0.2, 0) is 13.5 Å². The molecule has 0 aliphatic carbocycles. The molecule has 144 valence electrons. The van der Waals surface area contributed by atoms with Crippen LogP contribution in [0.3, 0.4) is 0 Å². The number of unbranched alkanes of at least 4 members (excludes halogenated alkanes) is 3. The van der Waals surface area contributed by atoms with Gasteiger partial charge in [-0.15, -0.1) is 0 Å². The molecular weight excluding hydrogens is 332 g/mol. The van der Waals surface area contributed by atoms with E-state index < -0.39 is 6.43 Å². The van der Waals surface area contributed by atoms with E-state index in [9.17, 15) is 8.78 Å². The number of hydrogen-bond acceptors (Lipinski definition) is 2. The molecular formula is C21H31F2N3. The molecule has 0 fully saturated rings. The summed E-state index contributed by atoms with van der Waals surface area (Å²) in [5.74, 6) is 0. The first-order valence-corrected chi connectivity index (χ1v) is 9.55. The van der Waals surface area contributed by atoms with Crippen LogP contribution in [0.5, 0.6) is 0 Å². The van der Waals surface area contributed by atoms with Gasteiger partial charge in [-0.2, -0.15) is 5.10 Å². The van der Waals surface area contributed by atoms with Crippen molar-refractivity contribution in [2.45, 2.75) is 59.3 Å². The van der Waals surface area contributed by atoms with E-state index in [1.165, 1.54) is 25.7 Å².